The van der Waals surface area contributed by atoms with Crippen LogP contribution in [0.1, 0.15) is 29.8 Å². The number of rotatable bonds is 5. The average Bonchev–Trinajstić information content (AvgIpc) is 3.64. The summed E-state index contributed by atoms with van der Waals surface area (Å²) in [4.78, 5) is 32.6. The van der Waals surface area contributed by atoms with Crippen LogP contribution in [0, 0.1) is 0 Å². The van der Waals surface area contributed by atoms with E-state index in [0.29, 0.717) is 55.1 Å². The lowest BCUT2D eigenvalue weighted by molar-refractivity contribution is -0.0300. The van der Waals surface area contributed by atoms with Gasteiger partial charge in [-0.2, -0.15) is 10.2 Å². The van der Waals surface area contributed by atoms with E-state index in [1.807, 2.05) is 42.5 Å². The molecule has 1 amide bonds. The van der Waals surface area contributed by atoms with E-state index in [-0.39, 0.29) is 18.0 Å². The number of likely N-dealkylation sites (tertiary alicyclic amines) is 1. The van der Waals surface area contributed by atoms with Crippen LogP contribution in [0.3, 0.4) is 0 Å². The Morgan fingerprint density at radius 2 is 1.76 bits per heavy atom. The summed E-state index contributed by atoms with van der Waals surface area (Å²) < 4.78 is 10.4. The topological polar surface area (TPSA) is 120 Å². The van der Waals surface area contributed by atoms with E-state index in [9.17, 15) is 14.7 Å². The first-order chi connectivity index (χ1) is 20.0. The van der Waals surface area contributed by atoms with E-state index in [1.54, 1.807) is 20.3 Å². The largest absolute Gasteiger partial charge is 0.478 e. The van der Waals surface area contributed by atoms with Crippen LogP contribution in [-0.4, -0.2) is 70.3 Å². The molecule has 3 aromatic heterocycles. The smallest absolute Gasteiger partial charge is 0.274 e. The summed E-state index contributed by atoms with van der Waals surface area (Å²) in [5, 5.41) is 20.5. The Morgan fingerprint density at radius 3 is 2.51 bits per heavy atom. The molecule has 0 unspecified atom stereocenters. The number of benzene rings is 2. The zero-order valence-electron chi connectivity index (χ0n) is 22.4. The monoisotopic (exact) mass is 551 g/mol. The minimum absolute atomic E-state index is 0.0837. The summed E-state index contributed by atoms with van der Waals surface area (Å²) in [5.74, 6) is 0.435. The molecule has 1 fully saturated rings. The van der Waals surface area contributed by atoms with Crippen molar-refractivity contribution in [2.75, 3.05) is 19.7 Å². The minimum atomic E-state index is -1.14. The molecule has 11 nitrogen and oxygen atoms in total. The van der Waals surface area contributed by atoms with Crippen molar-refractivity contribution in [1.82, 2.24) is 34.0 Å². The molecule has 2 aliphatic rings. The first-order valence-corrected chi connectivity index (χ1v) is 13.8. The number of ether oxygens (including phenoxy) is 1. The summed E-state index contributed by atoms with van der Waals surface area (Å²) >= 11 is 0. The second-order valence-corrected chi connectivity index (χ2v) is 10.7. The van der Waals surface area contributed by atoms with Crippen molar-refractivity contribution in [3.05, 3.63) is 89.2 Å². The molecule has 208 valence electrons. The van der Waals surface area contributed by atoms with Crippen molar-refractivity contribution in [2.45, 2.75) is 38.0 Å². The predicted octanol–water partition coefficient (Wildman–Crippen LogP) is 2.90. The Balaban J connectivity index is 1.05. The molecule has 0 spiro atoms. The van der Waals surface area contributed by atoms with Crippen molar-refractivity contribution in [3.63, 3.8) is 0 Å². The number of fused-ring (bicyclic) bond motifs is 2. The maximum Gasteiger partial charge on any atom is 0.274 e. The second kappa shape index (κ2) is 10.0. The summed E-state index contributed by atoms with van der Waals surface area (Å²) in [6.45, 7) is 2.16. The molecule has 2 aliphatic heterocycles. The number of piperidine rings is 1. The molecule has 0 radical (unpaired) electrons. The van der Waals surface area contributed by atoms with E-state index in [0.717, 1.165) is 29.8 Å². The average molecular weight is 552 g/mol. The van der Waals surface area contributed by atoms with Gasteiger partial charge in [0.2, 0.25) is 5.88 Å². The van der Waals surface area contributed by atoms with Gasteiger partial charge in [0, 0.05) is 32.1 Å². The highest BCUT2D eigenvalue weighted by Gasteiger charge is 2.36. The zero-order chi connectivity index (χ0) is 28.0. The second-order valence-electron chi connectivity index (χ2n) is 10.7. The van der Waals surface area contributed by atoms with Crippen molar-refractivity contribution >= 4 is 16.9 Å². The fraction of sp³-hybridized carbons (Fsp3) is 0.300. The number of aromatic nitrogens is 6. The lowest BCUT2D eigenvalue weighted by Crippen LogP contribution is -2.49. The number of carbonyl (C=O) groups excluding carboxylic acids is 1. The van der Waals surface area contributed by atoms with Crippen LogP contribution in [0.15, 0.2) is 78.0 Å². The van der Waals surface area contributed by atoms with Crippen molar-refractivity contribution in [2.24, 2.45) is 0 Å². The Morgan fingerprint density at radius 1 is 1.00 bits per heavy atom. The Bertz CT molecular complexity index is 1760. The molecule has 7 rings (SSSR count). The summed E-state index contributed by atoms with van der Waals surface area (Å²) in [7, 11) is 0. The molecule has 5 heterocycles. The number of amides is 1. The van der Waals surface area contributed by atoms with Crippen molar-refractivity contribution < 1.29 is 14.6 Å². The highest BCUT2D eigenvalue weighted by atomic mass is 16.5. The first kappa shape index (κ1) is 25.2. The molecular weight excluding hydrogens is 522 g/mol. The van der Waals surface area contributed by atoms with Crippen LogP contribution in [0.5, 0.6) is 5.88 Å². The van der Waals surface area contributed by atoms with Crippen LogP contribution in [0.2, 0.25) is 0 Å². The Kier molecular flexibility index (Phi) is 6.15. The lowest BCUT2D eigenvalue weighted by atomic mass is 9.91. The number of carbonyl (C=O) groups is 1. The standard InChI is InChI=1S/C30H29N7O4/c38-28-24-18-32-37(23-9-7-22(8-10-23)21-5-2-1-3-6-21)27(24)31-20-35(28)19-30(40)11-14-34(15-12-30)29(39)25-17-26-36(33-25)13-4-16-41-26/h1-3,5-10,17-18,20,40H,4,11-16,19H2. The zero-order valence-corrected chi connectivity index (χ0v) is 22.4. The van der Waals surface area contributed by atoms with E-state index in [4.69, 9.17) is 4.74 Å². The molecule has 1 saturated heterocycles. The predicted molar refractivity (Wildman–Crippen MR) is 151 cm³/mol. The van der Waals surface area contributed by atoms with Gasteiger partial charge in [-0.05, 0) is 36.1 Å². The van der Waals surface area contributed by atoms with Gasteiger partial charge in [-0.15, -0.1) is 0 Å². The third-order valence-corrected chi connectivity index (χ3v) is 7.95. The highest BCUT2D eigenvalue weighted by Crippen LogP contribution is 2.27. The van der Waals surface area contributed by atoms with E-state index >= 15 is 0 Å². The van der Waals surface area contributed by atoms with Gasteiger partial charge >= 0.3 is 0 Å². The molecule has 5 aromatic rings. The third kappa shape index (κ3) is 4.67. The van der Waals surface area contributed by atoms with Crippen LogP contribution in [0.25, 0.3) is 27.8 Å². The third-order valence-electron chi connectivity index (χ3n) is 7.95. The molecule has 11 heteroatoms. The summed E-state index contributed by atoms with van der Waals surface area (Å²) in [5.41, 5.74) is 2.40. The number of hydrogen-bond acceptors (Lipinski definition) is 7. The SMILES string of the molecule is O=C(c1cc2n(n1)CCCO2)N1CCC(O)(Cn2cnc3c(cnn3-c3ccc(-c4ccccc4)cc3)c2=O)CC1. The molecule has 0 atom stereocenters. The molecule has 0 bridgehead atoms. The van der Waals surface area contributed by atoms with Crippen molar-refractivity contribution in [3.8, 4) is 22.7 Å². The molecule has 2 aromatic carbocycles. The molecule has 0 saturated carbocycles. The van der Waals surface area contributed by atoms with Crippen LogP contribution in [-0.2, 0) is 13.1 Å². The molecular formula is C30H29N7O4. The number of hydrogen-bond donors (Lipinski definition) is 1. The molecule has 41 heavy (non-hydrogen) atoms. The van der Waals surface area contributed by atoms with Gasteiger partial charge in [-0.25, -0.2) is 14.3 Å². The quantitative estimate of drug-likeness (QED) is 0.357. The van der Waals surface area contributed by atoms with Gasteiger partial charge in [0.25, 0.3) is 11.5 Å². The minimum Gasteiger partial charge on any atom is -0.478 e. The van der Waals surface area contributed by atoms with Crippen LogP contribution in [0.4, 0.5) is 0 Å². The number of aryl methyl sites for hydroxylation is 1. The van der Waals surface area contributed by atoms with E-state index in [1.165, 1.54) is 17.1 Å². The number of nitrogens with zero attached hydrogens (tertiary/aromatic N) is 7. The van der Waals surface area contributed by atoms with Gasteiger partial charge in [0.05, 0.1) is 30.6 Å². The first-order valence-electron chi connectivity index (χ1n) is 13.8. The van der Waals surface area contributed by atoms with E-state index < -0.39 is 5.60 Å². The van der Waals surface area contributed by atoms with Crippen LogP contribution >= 0.6 is 0 Å². The highest BCUT2D eigenvalue weighted by molar-refractivity contribution is 5.92. The van der Waals surface area contributed by atoms with Crippen molar-refractivity contribution in [1.29, 1.82) is 0 Å². The van der Waals surface area contributed by atoms with Gasteiger partial charge in [0.1, 0.15) is 11.7 Å². The Labute approximate surface area is 235 Å². The summed E-state index contributed by atoms with van der Waals surface area (Å²) in [6.07, 6.45) is 4.51. The maximum absolute atomic E-state index is 13.4. The van der Waals surface area contributed by atoms with Gasteiger partial charge in [0.15, 0.2) is 11.3 Å². The number of aliphatic hydroxyl groups is 1. The van der Waals surface area contributed by atoms with Gasteiger partial charge in [-0.3, -0.25) is 14.2 Å². The molecule has 0 aliphatic carbocycles. The lowest BCUT2D eigenvalue weighted by Gasteiger charge is -2.38. The summed E-state index contributed by atoms with van der Waals surface area (Å²) in [6, 6.07) is 19.7. The van der Waals surface area contributed by atoms with Gasteiger partial charge < -0.3 is 14.7 Å². The fourth-order valence-corrected chi connectivity index (χ4v) is 5.61. The van der Waals surface area contributed by atoms with Crippen LogP contribution < -0.4 is 10.3 Å². The van der Waals surface area contributed by atoms with Gasteiger partial charge in [-0.1, -0.05) is 42.5 Å². The maximum atomic E-state index is 13.4. The fourth-order valence-electron chi connectivity index (χ4n) is 5.61. The normalized spacial score (nSPS) is 16.4. The van der Waals surface area contributed by atoms with E-state index in [2.05, 4.69) is 27.3 Å². The Hall–Kier alpha value is -4.77. The molecule has 1 N–H and O–H groups in total.